The smallest absolute Gasteiger partial charge is 0.263 e. The zero-order valence-electron chi connectivity index (χ0n) is 15.7. The molecule has 4 nitrogen and oxygen atoms in total. The fourth-order valence-electron chi connectivity index (χ4n) is 4.18. The number of hydrogen-bond donors (Lipinski definition) is 0. The molecule has 144 valence electrons. The van der Waals surface area contributed by atoms with Crippen LogP contribution < -0.4 is 4.90 Å². The fraction of sp³-hybridized carbons (Fsp3) is 0.476. The molecule has 4 rings (SSSR count). The van der Waals surface area contributed by atoms with Crippen LogP contribution in [0, 0.1) is 12.7 Å². The Morgan fingerprint density at radius 3 is 2.56 bits per heavy atom. The maximum absolute atomic E-state index is 14.0. The van der Waals surface area contributed by atoms with Crippen molar-refractivity contribution in [2.24, 2.45) is 0 Å². The van der Waals surface area contributed by atoms with Crippen LogP contribution in [0.4, 0.5) is 10.1 Å². The third-order valence-corrected chi connectivity index (χ3v) is 6.65. The number of rotatable bonds is 3. The van der Waals surface area contributed by atoms with E-state index in [1.165, 1.54) is 10.9 Å². The first kappa shape index (κ1) is 18.4. The van der Waals surface area contributed by atoms with Crippen LogP contribution in [0.1, 0.15) is 27.4 Å². The second kappa shape index (κ2) is 7.98. The number of piperidine rings is 1. The molecule has 2 fully saturated rings. The zero-order valence-corrected chi connectivity index (χ0v) is 16.6. The monoisotopic (exact) mass is 387 g/mol. The molecule has 0 bridgehead atoms. The van der Waals surface area contributed by atoms with Gasteiger partial charge in [-0.3, -0.25) is 9.69 Å². The Morgan fingerprint density at radius 2 is 1.85 bits per heavy atom. The average molecular weight is 388 g/mol. The van der Waals surface area contributed by atoms with Crippen molar-refractivity contribution in [3.05, 3.63) is 52.0 Å². The number of nitrogens with zero attached hydrogens (tertiary/aromatic N) is 3. The van der Waals surface area contributed by atoms with E-state index in [-0.39, 0.29) is 11.7 Å². The Balaban J connectivity index is 1.36. The van der Waals surface area contributed by atoms with E-state index in [1.807, 2.05) is 36.1 Å². The Morgan fingerprint density at radius 1 is 1.07 bits per heavy atom. The van der Waals surface area contributed by atoms with E-state index >= 15 is 0 Å². The van der Waals surface area contributed by atoms with Crippen LogP contribution in [0.25, 0.3) is 0 Å². The molecule has 2 aliphatic heterocycles. The van der Waals surface area contributed by atoms with E-state index in [0.29, 0.717) is 11.7 Å². The first-order chi connectivity index (χ1) is 13.1. The zero-order chi connectivity index (χ0) is 18.8. The summed E-state index contributed by atoms with van der Waals surface area (Å²) in [6.45, 7) is 7.18. The van der Waals surface area contributed by atoms with Crippen molar-refractivity contribution in [2.45, 2.75) is 25.8 Å². The van der Waals surface area contributed by atoms with Gasteiger partial charge >= 0.3 is 0 Å². The predicted molar refractivity (Wildman–Crippen MR) is 108 cm³/mol. The predicted octanol–water partition coefficient (Wildman–Crippen LogP) is 3.62. The van der Waals surface area contributed by atoms with E-state index in [1.54, 1.807) is 17.4 Å². The van der Waals surface area contributed by atoms with Gasteiger partial charge in [-0.25, -0.2) is 4.39 Å². The van der Waals surface area contributed by atoms with Crippen molar-refractivity contribution in [1.82, 2.24) is 9.80 Å². The second-order valence-corrected chi connectivity index (χ2v) is 8.72. The highest BCUT2D eigenvalue weighted by molar-refractivity contribution is 7.13. The molecule has 0 spiro atoms. The summed E-state index contributed by atoms with van der Waals surface area (Å²) in [4.78, 5) is 21.4. The molecule has 1 aromatic carbocycles. The Hall–Kier alpha value is -1.92. The number of para-hydroxylation sites is 1. The molecule has 1 aromatic heterocycles. The Bertz CT molecular complexity index is 800. The summed E-state index contributed by atoms with van der Waals surface area (Å²) in [5.41, 5.74) is 0.700. The third kappa shape index (κ3) is 4.01. The highest BCUT2D eigenvalue weighted by Gasteiger charge is 2.31. The van der Waals surface area contributed by atoms with Crippen molar-refractivity contribution in [3.8, 4) is 0 Å². The van der Waals surface area contributed by atoms with Crippen molar-refractivity contribution < 1.29 is 9.18 Å². The number of amides is 1. The van der Waals surface area contributed by atoms with Crippen LogP contribution in [0.15, 0.2) is 36.4 Å². The summed E-state index contributed by atoms with van der Waals surface area (Å²) >= 11 is 1.58. The lowest BCUT2D eigenvalue weighted by atomic mass is 10.0. The van der Waals surface area contributed by atoms with Crippen LogP contribution in [-0.4, -0.2) is 61.0 Å². The summed E-state index contributed by atoms with van der Waals surface area (Å²) in [6, 6.07) is 11.4. The average Bonchev–Trinajstić information content (AvgIpc) is 3.14. The molecule has 0 radical (unpaired) electrons. The number of aryl methyl sites for hydroxylation is 1. The summed E-state index contributed by atoms with van der Waals surface area (Å²) in [5.74, 6) is 0.0226. The van der Waals surface area contributed by atoms with E-state index in [0.717, 1.165) is 57.0 Å². The van der Waals surface area contributed by atoms with Crippen LogP contribution in [0.5, 0.6) is 0 Å². The highest BCUT2D eigenvalue weighted by Crippen LogP contribution is 2.25. The first-order valence-corrected chi connectivity index (χ1v) is 10.5. The van der Waals surface area contributed by atoms with Crippen LogP contribution in [0.2, 0.25) is 0 Å². The van der Waals surface area contributed by atoms with E-state index in [2.05, 4.69) is 9.80 Å². The molecule has 0 unspecified atom stereocenters. The van der Waals surface area contributed by atoms with Crippen LogP contribution in [0.3, 0.4) is 0 Å². The number of piperazine rings is 1. The summed E-state index contributed by atoms with van der Waals surface area (Å²) < 4.78 is 14.0. The molecule has 2 saturated heterocycles. The van der Waals surface area contributed by atoms with Gasteiger partial charge in [0.05, 0.1) is 10.6 Å². The number of anilines is 1. The van der Waals surface area contributed by atoms with Crippen molar-refractivity contribution in [2.75, 3.05) is 44.2 Å². The Kier molecular flexibility index (Phi) is 5.45. The largest absolute Gasteiger partial charge is 0.367 e. The number of thiophene rings is 1. The number of likely N-dealkylation sites (tertiary alicyclic amines) is 1. The Labute approximate surface area is 164 Å². The van der Waals surface area contributed by atoms with Gasteiger partial charge in [-0.2, -0.15) is 0 Å². The molecule has 6 heteroatoms. The molecule has 27 heavy (non-hydrogen) atoms. The maximum atomic E-state index is 14.0. The maximum Gasteiger partial charge on any atom is 0.263 e. The number of benzene rings is 1. The highest BCUT2D eigenvalue weighted by atomic mass is 32.1. The number of hydrogen-bond acceptors (Lipinski definition) is 4. The van der Waals surface area contributed by atoms with Crippen molar-refractivity contribution in [1.29, 1.82) is 0 Å². The lowest BCUT2D eigenvalue weighted by Crippen LogP contribution is -2.56. The van der Waals surface area contributed by atoms with Gasteiger partial charge in [0.25, 0.3) is 5.91 Å². The molecule has 1 amide bonds. The molecule has 0 N–H and O–H groups in total. The second-order valence-electron chi connectivity index (χ2n) is 7.43. The number of carbonyl (C=O) groups excluding carboxylic acids is 1. The molecule has 0 saturated carbocycles. The topological polar surface area (TPSA) is 26.8 Å². The molecular formula is C21H26FN3OS. The van der Waals surface area contributed by atoms with Crippen molar-refractivity contribution in [3.63, 3.8) is 0 Å². The molecule has 3 heterocycles. The third-order valence-electron chi connectivity index (χ3n) is 5.66. The summed E-state index contributed by atoms with van der Waals surface area (Å²) in [7, 11) is 0. The normalized spacial score (nSPS) is 21.5. The van der Waals surface area contributed by atoms with Gasteiger partial charge in [0.15, 0.2) is 0 Å². The van der Waals surface area contributed by atoms with Gasteiger partial charge in [-0.15, -0.1) is 11.3 Å². The first-order valence-electron chi connectivity index (χ1n) is 9.71. The van der Waals surface area contributed by atoms with Gasteiger partial charge in [0.1, 0.15) is 5.82 Å². The standard InChI is InChI=1S/C21H26FN3OS/c1-16-8-9-20(27-16)21(26)25-10-4-5-17(15-25)23-11-13-24(14-12-23)19-7-3-2-6-18(19)22/h2-3,6-9,17H,4-5,10-15H2,1H3/t17-/m0/s1. The van der Waals surface area contributed by atoms with Gasteiger partial charge in [-0.05, 0) is 44.0 Å². The quantitative estimate of drug-likeness (QED) is 0.805. The van der Waals surface area contributed by atoms with Gasteiger partial charge in [0, 0.05) is 50.2 Å². The minimum absolute atomic E-state index is 0.147. The van der Waals surface area contributed by atoms with E-state index in [9.17, 15) is 9.18 Å². The molecule has 2 aliphatic rings. The number of halogens is 1. The summed E-state index contributed by atoms with van der Waals surface area (Å²) in [6.07, 6.45) is 2.18. The SMILES string of the molecule is Cc1ccc(C(=O)N2CCC[C@H](N3CCN(c4ccccc4F)CC3)C2)s1. The lowest BCUT2D eigenvalue weighted by molar-refractivity contribution is 0.0567. The molecular weight excluding hydrogens is 361 g/mol. The van der Waals surface area contributed by atoms with Crippen molar-refractivity contribution >= 4 is 22.9 Å². The van der Waals surface area contributed by atoms with Gasteiger partial charge in [0.2, 0.25) is 0 Å². The minimum atomic E-state index is -0.147. The molecule has 2 aromatic rings. The molecule has 1 atom stereocenters. The van der Waals surface area contributed by atoms with E-state index < -0.39 is 0 Å². The van der Waals surface area contributed by atoms with Crippen LogP contribution >= 0.6 is 11.3 Å². The van der Waals surface area contributed by atoms with Crippen LogP contribution in [-0.2, 0) is 0 Å². The lowest BCUT2D eigenvalue weighted by Gasteiger charge is -2.43. The fourth-order valence-corrected chi connectivity index (χ4v) is 5.01. The van der Waals surface area contributed by atoms with E-state index in [4.69, 9.17) is 0 Å². The van der Waals surface area contributed by atoms with Gasteiger partial charge in [-0.1, -0.05) is 12.1 Å². The minimum Gasteiger partial charge on any atom is -0.367 e. The summed E-state index contributed by atoms with van der Waals surface area (Å²) in [5, 5.41) is 0. The number of carbonyl (C=O) groups is 1. The molecule has 0 aliphatic carbocycles. The van der Waals surface area contributed by atoms with Gasteiger partial charge < -0.3 is 9.80 Å².